The predicted molar refractivity (Wildman–Crippen MR) is 115 cm³/mol. The highest BCUT2D eigenvalue weighted by molar-refractivity contribution is 9.10. The second-order valence-electron chi connectivity index (χ2n) is 5.78. The molecule has 0 saturated heterocycles. The number of carbonyl (C=O) groups is 1. The van der Waals surface area contributed by atoms with Gasteiger partial charge in [0, 0.05) is 30.8 Å². The highest BCUT2D eigenvalue weighted by atomic mass is 79.9. The molecule has 3 rings (SSSR count). The van der Waals surface area contributed by atoms with Crippen molar-refractivity contribution in [3.05, 3.63) is 56.4 Å². The molecule has 0 spiro atoms. The Kier molecular flexibility index (Phi) is 7.03. The molecule has 0 saturated carbocycles. The van der Waals surface area contributed by atoms with Gasteiger partial charge in [-0.15, -0.1) is 12.4 Å². The normalized spacial score (nSPS) is 10.6. The number of hydrogen-bond donors (Lipinski definition) is 0. The smallest absolute Gasteiger partial charge is 0.223 e. The van der Waals surface area contributed by atoms with Crippen LogP contribution in [0.25, 0.3) is 5.65 Å². The topological polar surface area (TPSA) is 46.8 Å². The van der Waals surface area contributed by atoms with Gasteiger partial charge in [-0.1, -0.05) is 23.2 Å². The summed E-state index contributed by atoms with van der Waals surface area (Å²) < 4.78 is 8.72. The second kappa shape index (κ2) is 8.69. The molecule has 0 bridgehead atoms. The van der Waals surface area contributed by atoms with Crippen LogP contribution in [0, 0.1) is 6.92 Å². The summed E-state index contributed by atoms with van der Waals surface area (Å²) in [7, 11) is 1.66. The minimum atomic E-state index is -0.122. The summed E-state index contributed by atoms with van der Waals surface area (Å²) in [5, 5.41) is 0.867. The Morgan fingerprint density at radius 3 is 2.70 bits per heavy atom. The van der Waals surface area contributed by atoms with E-state index in [0.29, 0.717) is 32.7 Å². The molecule has 1 aromatic carbocycles. The summed E-state index contributed by atoms with van der Waals surface area (Å²) in [6.07, 6.45) is 1.90. The SMILES string of the molecule is CC(=O)N(C)c1ccc(Cl)c(COc2cccn3c(Br)c(C)nc23)c1Cl.Cl. The predicted octanol–water partition coefficient (Wildman–Crippen LogP) is 5.70. The van der Waals surface area contributed by atoms with Gasteiger partial charge in [0.2, 0.25) is 5.91 Å². The number of halogens is 4. The lowest BCUT2D eigenvalue weighted by Crippen LogP contribution is -2.23. The van der Waals surface area contributed by atoms with Gasteiger partial charge >= 0.3 is 0 Å². The zero-order valence-corrected chi connectivity index (χ0v) is 18.7. The van der Waals surface area contributed by atoms with Gasteiger partial charge in [0.1, 0.15) is 11.2 Å². The molecule has 9 heteroatoms. The van der Waals surface area contributed by atoms with Crippen LogP contribution in [-0.2, 0) is 11.4 Å². The van der Waals surface area contributed by atoms with Crippen LogP contribution in [0.4, 0.5) is 5.69 Å². The fourth-order valence-electron chi connectivity index (χ4n) is 2.54. The number of carbonyl (C=O) groups excluding carboxylic acids is 1. The average Bonchev–Trinajstić information content (AvgIpc) is 2.89. The van der Waals surface area contributed by atoms with Crippen LogP contribution >= 0.6 is 51.5 Å². The molecule has 5 nitrogen and oxygen atoms in total. The Morgan fingerprint density at radius 2 is 2.04 bits per heavy atom. The van der Waals surface area contributed by atoms with Crippen LogP contribution in [0.3, 0.4) is 0 Å². The number of aromatic nitrogens is 2. The number of anilines is 1. The number of benzene rings is 1. The summed E-state index contributed by atoms with van der Waals surface area (Å²) in [6, 6.07) is 7.13. The standard InChI is InChI=1S/C18H16BrCl2N3O2.ClH/c1-10-17(19)24-8-4-5-15(18(24)22-10)26-9-12-13(20)6-7-14(16(12)21)23(3)11(2)25;/h4-8H,9H2,1-3H3;1H. The van der Waals surface area contributed by atoms with E-state index in [0.717, 1.165) is 10.3 Å². The second-order valence-corrected chi connectivity index (χ2v) is 7.32. The summed E-state index contributed by atoms with van der Waals surface area (Å²) in [6.45, 7) is 3.54. The highest BCUT2D eigenvalue weighted by Crippen LogP contribution is 2.35. The quantitative estimate of drug-likeness (QED) is 0.469. The van der Waals surface area contributed by atoms with Crippen molar-refractivity contribution >= 4 is 68.8 Å². The molecule has 0 radical (unpaired) electrons. The molecule has 0 aliphatic carbocycles. The molecular formula is C18H17BrCl3N3O2. The van der Waals surface area contributed by atoms with Gasteiger partial charge in [-0.25, -0.2) is 4.98 Å². The minimum Gasteiger partial charge on any atom is -0.485 e. The maximum Gasteiger partial charge on any atom is 0.223 e. The van der Waals surface area contributed by atoms with Crippen molar-refractivity contribution in [2.45, 2.75) is 20.5 Å². The lowest BCUT2D eigenvalue weighted by Gasteiger charge is -2.19. The monoisotopic (exact) mass is 491 g/mol. The number of nitrogens with zero attached hydrogens (tertiary/aromatic N) is 3. The van der Waals surface area contributed by atoms with E-state index in [-0.39, 0.29) is 24.9 Å². The Balaban J connectivity index is 0.00000261. The van der Waals surface area contributed by atoms with Crippen molar-refractivity contribution in [2.24, 2.45) is 0 Å². The van der Waals surface area contributed by atoms with Gasteiger partial charge in [-0.3, -0.25) is 9.20 Å². The van der Waals surface area contributed by atoms with Gasteiger partial charge in [-0.2, -0.15) is 0 Å². The van der Waals surface area contributed by atoms with Crippen LogP contribution in [0.15, 0.2) is 35.1 Å². The summed E-state index contributed by atoms with van der Waals surface area (Å²) in [5.74, 6) is 0.488. The third-order valence-electron chi connectivity index (χ3n) is 4.09. The van der Waals surface area contributed by atoms with Crippen molar-refractivity contribution in [3.63, 3.8) is 0 Å². The molecule has 0 atom stereocenters. The Bertz CT molecular complexity index is 1010. The van der Waals surface area contributed by atoms with Gasteiger partial charge in [0.05, 0.1) is 16.4 Å². The van der Waals surface area contributed by atoms with Crippen molar-refractivity contribution in [1.29, 1.82) is 0 Å². The van der Waals surface area contributed by atoms with E-state index in [4.69, 9.17) is 27.9 Å². The first-order chi connectivity index (χ1) is 12.3. The van der Waals surface area contributed by atoms with E-state index < -0.39 is 0 Å². The molecule has 3 aromatic rings. The van der Waals surface area contributed by atoms with Crippen molar-refractivity contribution in [1.82, 2.24) is 9.38 Å². The third kappa shape index (κ3) is 4.19. The summed E-state index contributed by atoms with van der Waals surface area (Å²) in [4.78, 5) is 17.6. The fourth-order valence-corrected chi connectivity index (χ4v) is 3.52. The van der Waals surface area contributed by atoms with E-state index in [2.05, 4.69) is 20.9 Å². The van der Waals surface area contributed by atoms with Crippen LogP contribution in [0.1, 0.15) is 18.2 Å². The number of pyridine rings is 1. The average molecular weight is 494 g/mol. The maximum absolute atomic E-state index is 11.6. The molecular weight excluding hydrogens is 476 g/mol. The summed E-state index contributed by atoms with van der Waals surface area (Å²) >= 11 is 16.3. The first-order valence-corrected chi connectivity index (χ1v) is 9.33. The molecule has 144 valence electrons. The number of fused-ring (bicyclic) bond motifs is 1. The van der Waals surface area contributed by atoms with E-state index in [1.807, 2.05) is 29.7 Å². The molecule has 0 fully saturated rings. The fraction of sp³-hybridized carbons (Fsp3) is 0.222. The molecule has 0 unspecified atom stereocenters. The minimum absolute atomic E-state index is 0. The first-order valence-electron chi connectivity index (χ1n) is 7.78. The van der Waals surface area contributed by atoms with E-state index in [9.17, 15) is 4.79 Å². The van der Waals surface area contributed by atoms with Crippen LogP contribution in [-0.4, -0.2) is 22.3 Å². The largest absolute Gasteiger partial charge is 0.485 e. The molecule has 0 N–H and O–H groups in total. The molecule has 1 amide bonds. The molecule has 0 aliphatic heterocycles. The van der Waals surface area contributed by atoms with Gasteiger partial charge in [-0.05, 0) is 47.1 Å². The third-order valence-corrected chi connectivity index (χ3v) is 5.82. The number of ether oxygens (including phenoxy) is 1. The number of amides is 1. The number of aryl methyl sites for hydroxylation is 1. The Morgan fingerprint density at radius 1 is 1.33 bits per heavy atom. The van der Waals surface area contributed by atoms with E-state index in [1.54, 1.807) is 19.2 Å². The number of hydrogen-bond acceptors (Lipinski definition) is 3. The van der Waals surface area contributed by atoms with E-state index in [1.165, 1.54) is 11.8 Å². The molecule has 27 heavy (non-hydrogen) atoms. The van der Waals surface area contributed by atoms with Crippen molar-refractivity contribution < 1.29 is 9.53 Å². The van der Waals surface area contributed by atoms with Gasteiger partial charge in [0.15, 0.2) is 11.4 Å². The zero-order chi connectivity index (χ0) is 19.0. The molecule has 0 aliphatic rings. The zero-order valence-electron chi connectivity index (χ0n) is 14.8. The number of imidazole rings is 1. The Hall–Kier alpha value is -1.47. The molecule has 2 aromatic heterocycles. The Labute approximate surface area is 181 Å². The van der Waals surface area contributed by atoms with E-state index >= 15 is 0 Å². The highest BCUT2D eigenvalue weighted by Gasteiger charge is 2.17. The van der Waals surface area contributed by atoms with Crippen LogP contribution in [0.2, 0.25) is 10.0 Å². The van der Waals surface area contributed by atoms with Crippen LogP contribution in [0.5, 0.6) is 5.75 Å². The lowest BCUT2D eigenvalue weighted by atomic mass is 10.2. The molecule has 2 heterocycles. The lowest BCUT2D eigenvalue weighted by molar-refractivity contribution is -0.116. The van der Waals surface area contributed by atoms with Crippen molar-refractivity contribution in [3.8, 4) is 5.75 Å². The van der Waals surface area contributed by atoms with Gasteiger partial charge in [0.25, 0.3) is 0 Å². The number of rotatable bonds is 4. The van der Waals surface area contributed by atoms with Crippen molar-refractivity contribution in [2.75, 3.05) is 11.9 Å². The van der Waals surface area contributed by atoms with Gasteiger partial charge < -0.3 is 9.64 Å². The maximum atomic E-state index is 11.6. The summed E-state index contributed by atoms with van der Waals surface area (Å²) in [5.41, 5.74) is 2.76. The first kappa shape index (κ1) is 21.8. The van der Waals surface area contributed by atoms with Crippen LogP contribution < -0.4 is 9.64 Å².